The molecular formula is C17H17BrN2. The lowest BCUT2D eigenvalue weighted by atomic mass is 10.2. The van der Waals surface area contributed by atoms with Crippen LogP contribution in [0.3, 0.4) is 0 Å². The number of aryl methyl sites for hydroxylation is 1. The number of aromatic nitrogens is 2. The highest BCUT2D eigenvalue weighted by atomic mass is 79.9. The van der Waals surface area contributed by atoms with Crippen LogP contribution in [0.15, 0.2) is 53.0 Å². The molecule has 0 N–H and O–H groups in total. The Balaban J connectivity index is 2.15. The number of unbranched alkanes of at least 4 members (excludes halogenated alkanes) is 1. The molecule has 0 aliphatic heterocycles. The number of fused-ring (bicyclic) bond motifs is 1. The van der Waals surface area contributed by atoms with E-state index in [1.807, 2.05) is 6.07 Å². The summed E-state index contributed by atoms with van der Waals surface area (Å²) in [6.07, 6.45) is 2.36. The van der Waals surface area contributed by atoms with Crippen LogP contribution >= 0.6 is 15.9 Å². The van der Waals surface area contributed by atoms with Gasteiger partial charge in [0.05, 0.1) is 11.0 Å². The summed E-state index contributed by atoms with van der Waals surface area (Å²) in [6, 6.07) is 16.7. The van der Waals surface area contributed by atoms with Crippen molar-refractivity contribution in [3.05, 3.63) is 53.0 Å². The number of rotatable bonds is 4. The van der Waals surface area contributed by atoms with Gasteiger partial charge in [0.15, 0.2) is 0 Å². The van der Waals surface area contributed by atoms with Crippen molar-refractivity contribution in [2.75, 3.05) is 0 Å². The summed E-state index contributed by atoms with van der Waals surface area (Å²) >= 11 is 3.49. The Kier molecular flexibility index (Phi) is 3.88. The molecule has 0 amide bonds. The number of hydrogen-bond donors (Lipinski definition) is 0. The predicted octanol–water partition coefficient (Wildman–Crippen LogP) is 5.27. The molecule has 102 valence electrons. The zero-order chi connectivity index (χ0) is 13.9. The number of halogens is 1. The van der Waals surface area contributed by atoms with Crippen LogP contribution in [0.4, 0.5) is 0 Å². The highest BCUT2D eigenvalue weighted by Gasteiger charge is 2.11. The van der Waals surface area contributed by atoms with Gasteiger partial charge in [-0.15, -0.1) is 0 Å². The third-order valence-corrected chi connectivity index (χ3v) is 4.02. The Morgan fingerprint density at radius 1 is 1.05 bits per heavy atom. The SMILES string of the molecule is CCCCn1c(-c2ccc(Br)cc2)nc2ccccc21. The van der Waals surface area contributed by atoms with E-state index in [2.05, 4.69) is 69.9 Å². The van der Waals surface area contributed by atoms with Crippen LogP contribution in [-0.4, -0.2) is 9.55 Å². The molecule has 0 fully saturated rings. The Morgan fingerprint density at radius 2 is 1.80 bits per heavy atom. The third-order valence-electron chi connectivity index (χ3n) is 3.49. The second-order valence-corrected chi connectivity index (χ2v) is 5.85. The minimum atomic E-state index is 1.02. The van der Waals surface area contributed by atoms with Gasteiger partial charge in [0.25, 0.3) is 0 Å². The van der Waals surface area contributed by atoms with Gasteiger partial charge in [0.1, 0.15) is 5.82 Å². The van der Waals surface area contributed by atoms with E-state index in [0.717, 1.165) is 22.4 Å². The molecular weight excluding hydrogens is 312 g/mol. The van der Waals surface area contributed by atoms with Crippen LogP contribution in [-0.2, 0) is 6.54 Å². The quantitative estimate of drug-likeness (QED) is 0.638. The highest BCUT2D eigenvalue weighted by molar-refractivity contribution is 9.10. The summed E-state index contributed by atoms with van der Waals surface area (Å²) in [5.74, 6) is 1.06. The van der Waals surface area contributed by atoms with E-state index in [9.17, 15) is 0 Å². The molecule has 0 aliphatic carbocycles. The average molecular weight is 329 g/mol. The molecule has 3 heteroatoms. The van der Waals surface area contributed by atoms with Gasteiger partial charge in [0, 0.05) is 16.6 Å². The van der Waals surface area contributed by atoms with E-state index in [4.69, 9.17) is 4.98 Å². The third kappa shape index (κ3) is 2.50. The molecule has 0 radical (unpaired) electrons. The Morgan fingerprint density at radius 3 is 2.55 bits per heavy atom. The van der Waals surface area contributed by atoms with Gasteiger partial charge in [0.2, 0.25) is 0 Å². The first-order valence-electron chi connectivity index (χ1n) is 7.01. The summed E-state index contributed by atoms with van der Waals surface area (Å²) in [4.78, 5) is 4.81. The molecule has 0 unspecified atom stereocenters. The van der Waals surface area contributed by atoms with E-state index < -0.39 is 0 Å². The number of nitrogens with zero attached hydrogens (tertiary/aromatic N) is 2. The van der Waals surface area contributed by atoms with Crippen molar-refractivity contribution in [2.24, 2.45) is 0 Å². The van der Waals surface area contributed by atoms with E-state index in [1.165, 1.54) is 23.9 Å². The lowest BCUT2D eigenvalue weighted by Crippen LogP contribution is -2.00. The van der Waals surface area contributed by atoms with Crippen LogP contribution in [0.25, 0.3) is 22.4 Å². The molecule has 3 rings (SSSR count). The van der Waals surface area contributed by atoms with Crippen molar-refractivity contribution in [3.8, 4) is 11.4 Å². The zero-order valence-electron chi connectivity index (χ0n) is 11.5. The number of para-hydroxylation sites is 2. The summed E-state index contributed by atoms with van der Waals surface area (Å²) in [6.45, 7) is 3.24. The first kappa shape index (κ1) is 13.4. The molecule has 0 atom stereocenters. The van der Waals surface area contributed by atoms with E-state index in [1.54, 1.807) is 0 Å². The first-order valence-corrected chi connectivity index (χ1v) is 7.80. The van der Waals surface area contributed by atoms with Crippen molar-refractivity contribution >= 4 is 27.0 Å². The molecule has 0 aliphatic rings. The fourth-order valence-corrected chi connectivity index (χ4v) is 2.70. The van der Waals surface area contributed by atoms with E-state index in [-0.39, 0.29) is 0 Å². The summed E-state index contributed by atoms with van der Waals surface area (Å²) in [5, 5.41) is 0. The number of imidazole rings is 1. The molecule has 1 heterocycles. The maximum atomic E-state index is 4.81. The van der Waals surface area contributed by atoms with E-state index in [0.29, 0.717) is 0 Å². The smallest absolute Gasteiger partial charge is 0.141 e. The summed E-state index contributed by atoms with van der Waals surface area (Å²) < 4.78 is 3.43. The molecule has 3 aromatic rings. The highest BCUT2D eigenvalue weighted by Crippen LogP contribution is 2.26. The molecule has 1 aromatic heterocycles. The Labute approximate surface area is 127 Å². The van der Waals surface area contributed by atoms with Crippen molar-refractivity contribution < 1.29 is 0 Å². The zero-order valence-corrected chi connectivity index (χ0v) is 13.1. The maximum absolute atomic E-state index is 4.81. The van der Waals surface area contributed by atoms with Crippen LogP contribution < -0.4 is 0 Å². The standard InChI is InChI=1S/C17H17BrN2/c1-2-3-12-20-16-7-5-4-6-15(16)19-17(20)13-8-10-14(18)11-9-13/h4-11H,2-3,12H2,1H3. The van der Waals surface area contributed by atoms with Crippen molar-refractivity contribution in [2.45, 2.75) is 26.3 Å². The molecule has 20 heavy (non-hydrogen) atoms. The fraction of sp³-hybridized carbons (Fsp3) is 0.235. The second kappa shape index (κ2) is 5.80. The fourth-order valence-electron chi connectivity index (χ4n) is 2.44. The van der Waals surface area contributed by atoms with Gasteiger partial charge >= 0.3 is 0 Å². The molecule has 0 saturated heterocycles. The minimum Gasteiger partial charge on any atom is -0.324 e. The van der Waals surface area contributed by atoms with Gasteiger partial charge in [-0.3, -0.25) is 0 Å². The Hall–Kier alpha value is -1.61. The normalized spacial score (nSPS) is 11.1. The largest absolute Gasteiger partial charge is 0.324 e. The predicted molar refractivity (Wildman–Crippen MR) is 87.8 cm³/mol. The lowest BCUT2D eigenvalue weighted by molar-refractivity contribution is 0.651. The van der Waals surface area contributed by atoms with Crippen LogP contribution in [0.1, 0.15) is 19.8 Å². The summed E-state index contributed by atoms with van der Waals surface area (Å²) in [5.41, 5.74) is 3.46. The second-order valence-electron chi connectivity index (χ2n) is 4.94. The van der Waals surface area contributed by atoms with E-state index >= 15 is 0 Å². The monoisotopic (exact) mass is 328 g/mol. The maximum Gasteiger partial charge on any atom is 0.141 e. The van der Waals surface area contributed by atoms with Crippen LogP contribution in [0.5, 0.6) is 0 Å². The minimum absolute atomic E-state index is 1.02. The lowest BCUT2D eigenvalue weighted by Gasteiger charge is -2.08. The van der Waals surface area contributed by atoms with Crippen molar-refractivity contribution in [1.29, 1.82) is 0 Å². The van der Waals surface area contributed by atoms with Gasteiger partial charge in [-0.05, 0) is 30.7 Å². The van der Waals surface area contributed by atoms with Crippen LogP contribution in [0, 0.1) is 0 Å². The van der Waals surface area contributed by atoms with Crippen LogP contribution in [0.2, 0.25) is 0 Å². The average Bonchev–Trinajstić information content (AvgIpc) is 2.84. The van der Waals surface area contributed by atoms with Crippen molar-refractivity contribution in [3.63, 3.8) is 0 Å². The van der Waals surface area contributed by atoms with Gasteiger partial charge < -0.3 is 4.57 Å². The molecule has 0 spiro atoms. The van der Waals surface area contributed by atoms with Gasteiger partial charge in [-0.25, -0.2) is 4.98 Å². The molecule has 0 bridgehead atoms. The Bertz CT molecular complexity index is 713. The summed E-state index contributed by atoms with van der Waals surface area (Å²) in [7, 11) is 0. The molecule has 2 aromatic carbocycles. The van der Waals surface area contributed by atoms with Gasteiger partial charge in [-0.2, -0.15) is 0 Å². The van der Waals surface area contributed by atoms with Gasteiger partial charge in [-0.1, -0.05) is 53.5 Å². The topological polar surface area (TPSA) is 17.8 Å². The molecule has 0 saturated carbocycles. The van der Waals surface area contributed by atoms with Crippen molar-refractivity contribution in [1.82, 2.24) is 9.55 Å². The molecule has 2 nitrogen and oxygen atoms in total. The number of benzene rings is 2. The first-order chi connectivity index (χ1) is 9.79. The number of hydrogen-bond acceptors (Lipinski definition) is 1.